The molecule has 0 fully saturated rings. The SMILES string of the molecule is COc1ccc(CNC(=O)[C@H](C)Oc2ccc(=O)n(-c3ccc(C)c(C)c3)n2)c(OC)c1. The highest BCUT2D eigenvalue weighted by Gasteiger charge is 2.17. The van der Waals surface area contributed by atoms with Gasteiger partial charge in [-0.1, -0.05) is 6.07 Å². The number of hydrogen-bond donors (Lipinski definition) is 1. The van der Waals surface area contributed by atoms with Crippen LogP contribution in [0.25, 0.3) is 5.69 Å². The van der Waals surface area contributed by atoms with Gasteiger partial charge in [0.2, 0.25) is 5.88 Å². The number of aromatic nitrogens is 2. The second-order valence-corrected chi connectivity index (χ2v) is 7.35. The minimum absolute atomic E-state index is 0.174. The van der Waals surface area contributed by atoms with E-state index in [0.717, 1.165) is 16.7 Å². The first kappa shape index (κ1) is 22.9. The predicted molar refractivity (Wildman–Crippen MR) is 121 cm³/mol. The van der Waals surface area contributed by atoms with Gasteiger partial charge in [0.25, 0.3) is 11.5 Å². The van der Waals surface area contributed by atoms with Gasteiger partial charge >= 0.3 is 0 Å². The Kier molecular flexibility index (Phi) is 7.14. The van der Waals surface area contributed by atoms with Crippen LogP contribution >= 0.6 is 0 Å². The molecule has 3 rings (SSSR count). The fourth-order valence-electron chi connectivity index (χ4n) is 3.06. The van der Waals surface area contributed by atoms with E-state index in [-0.39, 0.29) is 23.9 Å². The lowest BCUT2D eigenvalue weighted by molar-refractivity contribution is -0.127. The average Bonchev–Trinajstić information content (AvgIpc) is 2.80. The summed E-state index contributed by atoms with van der Waals surface area (Å²) >= 11 is 0. The first-order valence-corrected chi connectivity index (χ1v) is 10.2. The second-order valence-electron chi connectivity index (χ2n) is 7.35. The summed E-state index contributed by atoms with van der Waals surface area (Å²) in [7, 11) is 3.13. The van der Waals surface area contributed by atoms with Crippen molar-refractivity contribution < 1.29 is 19.0 Å². The summed E-state index contributed by atoms with van der Waals surface area (Å²) in [5.41, 5.74) is 3.31. The molecule has 0 saturated heterocycles. The quantitative estimate of drug-likeness (QED) is 0.583. The molecule has 0 aliphatic carbocycles. The molecule has 1 atom stereocenters. The largest absolute Gasteiger partial charge is 0.497 e. The maximum Gasteiger partial charge on any atom is 0.271 e. The summed E-state index contributed by atoms with van der Waals surface area (Å²) in [4.78, 5) is 24.8. The fraction of sp³-hybridized carbons (Fsp3) is 0.292. The normalized spacial score (nSPS) is 11.5. The van der Waals surface area contributed by atoms with Crippen molar-refractivity contribution in [2.45, 2.75) is 33.4 Å². The lowest BCUT2D eigenvalue weighted by Crippen LogP contribution is -2.36. The molecule has 0 aliphatic rings. The van der Waals surface area contributed by atoms with Crippen LogP contribution in [0.2, 0.25) is 0 Å². The van der Waals surface area contributed by atoms with Crippen molar-refractivity contribution >= 4 is 5.91 Å². The van der Waals surface area contributed by atoms with Crippen LogP contribution < -0.4 is 25.1 Å². The van der Waals surface area contributed by atoms with Gasteiger partial charge in [0.05, 0.1) is 19.9 Å². The van der Waals surface area contributed by atoms with Gasteiger partial charge in [-0.15, -0.1) is 5.10 Å². The number of carbonyl (C=O) groups is 1. The van der Waals surface area contributed by atoms with Gasteiger partial charge in [0, 0.05) is 30.3 Å². The number of methoxy groups -OCH3 is 2. The molecule has 1 heterocycles. The van der Waals surface area contributed by atoms with Gasteiger partial charge in [0.1, 0.15) is 11.5 Å². The van der Waals surface area contributed by atoms with E-state index in [1.165, 1.54) is 16.8 Å². The van der Waals surface area contributed by atoms with Crippen LogP contribution in [0.4, 0.5) is 0 Å². The number of nitrogens with one attached hydrogen (secondary N) is 1. The highest BCUT2D eigenvalue weighted by Crippen LogP contribution is 2.24. The fourth-order valence-corrected chi connectivity index (χ4v) is 3.06. The van der Waals surface area contributed by atoms with E-state index in [4.69, 9.17) is 14.2 Å². The molecule has 0 unspecified atom stereocenters. The molecule has 1 aromatic heterocycles. The summed E-state index contributed by atoms with van der Waals surface area (Å²) in [5, 5.41) is 7.09. The minimum atomic E-state index is -0.822. The third-order valence-corrected chi connectivity index (χ3v) is 5.12. The third kappa shape index (κ3) is 5.26. The molecule has 0 saturated carbocycles. The smallest absolute Gasteiger partial charge is 0.271 e. The third-order valence-electron chi connectivity index (χ3n) is 5.12. The molecule has 1 amide bonds. The molecule has 8 nitrogen and oxygen atoms in total. The molecular weight excluding hydrogens is 410 g/mol. The molecule has 8 heteroatoms. The Bertz CT molecular complexity index is 1170. The monoisotopic (exact) mass is 437 g/mol. The van der Waals surface area contributed by atoms with Crippen LogP contribution in [0.15, 0.2) is 53.3 Å². The van der Waals surface area contributed by atoms with Crippen LogP contribution in [0.3, 0.4) is 0 Å². The summed E-state index contributed by atoms with van der Waals surface area (Å²) in [5.74, 6) is 1.13. The maximum atomic E-state index is 12.5. The first-order valence-electron chi connectivity index (χ1n) is 10.2. The Labute approximate surface area is 186 Å². The summed E-state index contributed by atoms with van der Waals surface area (Å²) in [6, 6.07) is 13.8. The van der Waals surface area contributed by atoms with Crippen LogP contribution in [0.5, 0.6) is 17.4 Å². The van der Waals surface area contributed by atoms with Crippen molar-refractivity contribution in [2.24, 2.45) is 0 Å². The van der Waals surface area contributed by atoms with E-state index in [1.807, 2.05) is 38.1 Å². The number of amides is 1. The molecule has 1 N–H and O–H groups in total. The minimum Gasteiger partial charge on any atom is -0.497 e. The van der Waals surface area contributed by atoms with Gasteiger partial charge in [-0.25, -0.2) is 0 Å². The van der Waals surface area contributed by atoms with Gasteiger partial charge < -0.3 is 19.5 Å². The van der Waals surface area contributed by atoms with Crippen LogP contribution in [0.1, 0.15) is 23.6 Å². The van der Waals surface area contributed by atoms with E-state index in [2.05, 4.69) is 10.4 Å². The van der Waals surface area contributed by atoms with E-state index < -0.39 is 6.10 Å². The van der Waals surface area contributed by atoms with E-state index >= 15 is 0 Å². The van der Waals surface area contributed by atoms with Crippen molar-refractivity contribution in [3.63, 3.8) is 0 Å². The number of ether oxygens (including phenoxy) is 3. The molecule has 0 bridgehead atoms. The molecule has 0 radical (unpaired) electrons. The Hall–Kier alpha value is -3.81. The lowest BCUT2D eigenvalue weighted by Gasteiger charge is -2.16. The Balaban J connectivity index is 1.69. The number of aryl methyl sites for hydroxylation is 2. The maximum absolute atomic E-state index is 12.5. The number of benzene rings is 2. The van der Waals surface area contributed by atoms with E-state index in [1.54, 1.807) is 33.3 Å². The molecule has 3 aromatic rings. The van der Waals surface area contributed by atoms with Gasteiger partial charge in [-0.2, -0.15) is 4.68 Å². The van der Waals surface area contributed by atoms with Crippen molar-refractivity contribution in [1.29, 1.82) is 0 Å². The van der Waals surface area contributed by atoms with E-state index in [9.17, 15) is 9.59 Å². The van der Waals surface area contributed by atoms with Gasteiger partial charge in [-0.3, -0.25) is 9.59 Å². The molecule has 0 aliphatic heterocycles. The number of nitrogens with zero attached hydrogens (tertiary/aromatic N) is 2. The summed E-state index contributed by atoms with van der Waals surface area (Å²) < 4.78 is 17.5. The average molecular weight is 437 g/mol. The van der Waals surface area contributed by atoms with Crippen molar-refractivity contribution in [1.82, 2.24) is 15.1 Å². The van der Waals surface area contributed by atoms with Crippen LogP contribution in [0, 0.1) is 13.8 Å². The highest BCUT2D eigenvalue weighted by molar-refractivity contribution is 5.80. The van der Waals surface area contributed by atoms with E-state index in [0.29, 0.717) is 17.2 Å². The molecular formula is C24H27N3O5. The van der Waals surface area contributed by atoms with Crippen molar-refractivity contribution in [3.05, 3.63) is 75.6 Å². The van der Waals surface area contributed by atoms with Crippen LogP contribution in [-0.2, 0) is 11.3 Å². The first-order chi connectivity index (χ1) is 15.3. The van der Waals surface area contributed by atoms with Crippen molar-refractivity contribution in [2.75, 3.05) is 14.2 Å². The zero-order chi connectivity index (χ0) is 23.3. The highest BCUT2D eigenvalue weighted by atomic mass is 16.5. The van der Waals surface area contributed by atoms with Crippen LogP contribution in [-0.4, -0.2) is 36.0 Å². The topological polar surface area (TPSA) is 91.7 Å². The number of rotatable bonds is 8. The molecule has 32 heavy (non-hydrogen) atoms. The molecule has 2 aromatic carbocycles. The molecule has 0 spiro atoms. The number of carbonyl (C=O) groups excluding carboxylic acids is 1. The number of hydrogen-bond acceptors (Lipinski definition) is 6. The lowest BCUT2D eigenvalue weighted by atomic mass is 10.1. The Morgan fingerprint density at radius 2 is 1.81 bits per heavy atom. The molecule has 168 valence electrons. The zero-order valence-electron chi connectivity index (χ0n) is 18.8. The Morgan fingerprint density at radius 3 is 2.50 bits per heavy atom. The second kappa shape index (κ2) is 10.00. The summed E-state index contributed by atoms with van der Waals surface area (Å²) in [6.45, 7) is 5.84. The van der Waals surface area contributed by atoms with Crippen molar-refractivity contribution in [3.8, 4) is 23.1 Å². The predicted octanol–water partition coefficient (Wildman–Crippen LogP) is 2.95. The Morgan fingerprint density at radius 1 is 1.03 bits per heavy atom. The van der Waals surface area contributed by atoms with Gasteiger partial charge in [0.15, 0.2) is 6.10 Å². The van der Waals surface area contributed by atoms with Gasteiger partial charge in [-0.05, 0) is 56.2 Å². The standard InChI is InChI=1S/C24H27N3O5/c1-15-6-8-19(12-16(15)2)27-23(28)11-10-22(26-27)32-17(3)24(29)25-14-18-7-9-20(30-4)13-21(18)31-5/h6-13,17H,14H2,1-5H3,(H,25,29)/t17-/m0/s1. The summed E-state index contributed by atoms with van der Waals surface area (Å²) in [6.07, 6.45) is -0.822. The zero-order valence-corrected chi connectivity index (χ0v) is 18.8.